The number of carbonyl (C=O) groups is 1. The lowest BCUT2D eigenvalue weighted by atomic mass is 10.0. The Balaban J connectivity index is 1.50. The summed E-state index contributed by atoms with van der Waals surface area (Å²) in [6.45, 7) is 0.850. The lowest BCUT2D eigenvalue weighted by Gasteiger charge is -2.24. The van der Waals surface area contributed by atoms with Gasteiger partial charge in [0, 0.05) is 36.5 Å². The summed E-state index contributed by atoms with van der Waals surface area (Å²) in [6.07, 6.45) is 3.54. The van der Waals surface area contributed by atoms with Gasteiger partial charge in [0.2, 0.25) is 0 Å². The largest absolute Gasteiger partial charge is 0.349 e. The number of aromatic nitrogens is 4. The molecule has 6 nitrogen and oxygen atoms in total. The van der Waals surface area contributed by atoms with Gasteiger partial charge in [0.1, 0.15) is 11.0 Å². The van der Waals surface area contributed by atoms with E-state index in [1.165, 1.54) is 5.69 Å². The van der Waals surface area contributed by atoms with Crippen molar-refractivity contribution >= 4 is 28.7 Å². The van der Waals surface area contributed by atoms with Gasteiger partial charge in [0.15, 0.2) is 0 Å². The van der Waals surface area contributed by atoms with Crippen LogP contribution in [-0.4, -0.2) is 30.5 Å². The number of rotatable bonds is 2. The van der Waals surface area contributed by atoms with Crippen molar-refractivity contribution in [1.29, 1.82) is 0 Å². The minimum atomic E-state index is -0.0529. The van der Waals surface area contributed by atoms with E-state index in [4.69, 9.17) is 0 Å². The van der Waals surface area contributed by atoms with E-state index in [0.717, 1.165) is 42.1 Å². The van der Waals surface area contributed by atoms with Gasteiger partial charge in [0.25, 0.3) is 5.91 Å². The van der Waals surface area contributed by atoms with Crippen LogP contribution in [0, 0.1) is 0 Å². The third-order valence-electron chi connectivity index (χ3n) is 3.80. The number of hydrogen-bond donors (Lipinski definition) is 1. The normalized spacial score (nSPS) is 17.6. The SMILES string of the molecule is O=C(NC1CCn2nccc2C1)c1ccc2nsnc2c1. The van der Waals surface area contributed by atoms with Crippen molar-refractivity contribution in [2.24, 2.45) is 0 Å². The zero-order chi connectivity index (χ0) is 14.2. The second kappa shape index (κ2) is 4.92. The zero-order valence-corrected chi connectivity index (χ0v) is 12.0. The van der Waals surface area contributed by atoms with Crippen LogP contribution in [0.2, 0.25) is 0 Å². The summed E-state index contributed by atoms with van der Waals surface area (Å²) in [4.78, 5) is 12.4. The number of hydrogen-bond acceptors (Lipinski definition) is 5. The van der Waals surface area contributed by atoms with Crippen molar-refractivity contribution in [3.8, 4) is 0 Å². The highest BCUT2D eigenvalue weighted by atomic mass is 32.1. The summed E-state index contributed by atoms with van der Waals surface area (Å²) in [5.41, 5.74) is 3.41. The molecule has 106 valence electrons. The highest BCUT2D eigenvalue weighted by molar-refractivity contribution is 7.00. The number of benzene rings is 1. The van der Waals surface area contributed by atoms with E-state index < -0.39 is 0 Å². The molecule has 0 aliphatic carbocycles. The molecule has 4 rings (SSSR count). The van der Waals surface area contributed by atoms with Crippen LogP contribution in [0.5, 0.6) is 0 Å². The molecule has 0 radical (unpaired) electrons. The average molecular weight is 299 g/mol. The molecule has 2 aromatic heterocycles. The molecule has 21 heavy (non-hydrogen) atoms. The molecule has 1 unspecified atom stereocenters. The molecule has 1 aliphatic rings. The van der Waals surface area contributed by atoms with Crippen molar-refractivity contribution < 1.29 is 4.79 Å². The Morgan fingerprint density at radius 2 is 2.19 bits per heavy atom. The molecule has 1 aliphatic heterocycles. The summed E-state index contributed by atoms with van der Waals surface area (Å²) in [5, 5.41) is 7.34. The standard InChI is InChI=1S/C14H13N5OS/c20-14(9-1-2-12-13(7-9)18-21-17-12)16-10-4-6-19-11(8-10)3-5-15-19/h1-3,5,7,10H,4,6,8H2,(H,16,20). The summed E-state index contributed by atoms with van der Waals surface area (Å²) < 4.78 is 10.3. The van der Waals surface area contributed by atoms with E-state index in [9.17, 15) is 4.79 Å². The fraction of sp³-hybridized carbons (Fsp3) is 0.286. The molecule has 0 saturated carbocycles. The lowest BCUT2D eigenvalue weighted by molar-refractivity contribution is 0.0930. The third-order valence-corrected chi connectivity index (χ3v) is 4.36. The molecule has 7 heteroatoms. The number of fused-ring (bicyclic) bond motifs is 2. The maximum atomic E-state index is 12.4. The van der Waals surface area contributed by atoms with Crippen molar-refractivity contribution in [2.45, 2.75) is 25.4 Å². The predicted molar refractivity (Wildman–Crippen MR) is 79.2 cm³/mol. The van der Waals surface area contributed by atoms with Crippen molar-refractivity contribution in [1.82, 2.24) is 23.8 Å². The molecule has 1 N–H and O–H groups in total. The molecule has 1 atom stereocenters. The summed E-state index contributed by atoms with van der Waals surface area (Å²) in [5.74, 6) is -0.0529. The topological polar surface area (TPSA) is 72.7 Å². The predicted octanol–water partition coefficient (Wildman–Crippen LogP) is 1.63. The summed E-state index contributed by atoms with van der Waals surface area (Å²) in [7, 11) is 0. The van der Waals surface area contributed by atoms with E-state index in [0.29, 0.717) is 5.56 Å². The Hall–Kier alpha value is -2.28. The van der Waals surface area contributed by atoms with Crippen molar-refractivity contribution in [2.75, 3.05) is 0 Å². The molecule has 0 spiro atoms. The lowest BCUT2D eigenvalue weighted by Crippen LogP contribution is -2.40. The van der Waals surface area contributed by atoms with Crippen LogP contribution in [0.3, 0.4) is 0 Å². The highest BCUT2D eigenvalue weighted by Crippen LogP contribution is 2.16. The molecule has 1 aromatic carbocycles. The van der Waals surface area contributed by atoms with E-state index in [1.54, 1.807) is 12.1 Å². The van der Waals surface area contributed by atoms with Crippen LogP contribution in [0.25, 0.3) is 11.0 Å². The minimum absolute atomic E-state index is 0.0529. The summed E-state index contributed by atoms with van der Waals surface area (Å²) >= 11 is 1.16. The van der Waals surface area contributed by atoms with Gasteiger partial charge < -0.3 is 5.32 Å². The number of amides is 1. The first-order valence-corrected chi connectivity index (χ1v) is 7.56. The van der Waals surface area contributed by atoms with E-state index in [2.05, 4.69) is 19.2 Å². The average Bonchev–Trinajstić information content (AvgIpc) is 3.14. The number of carbonyl (C=O) groups excluding carboxylic acids is 1. The molecular weight excluding hydrogens is 286 g/mol. The Labute approximate surface area is 125 Å². The number of nitrogens with one attached hydrogen (secondary N) is 1. The van der Waals surface area contributed by atoms with E-state index in [1.807, 2.05) is 23.0 Å². The molecule has 0 bridgehead atoms. The van der Waals surface area contributed by atoms with Crippen LogP contribution in [-0.2, 0) is 13.0 Å². The maximum Gasteiger partial charge on any atom is 0.251 e. The molecule has 3 heterocycles. The Kier molecular flexibility index (Phi) is 2.92. The molecule has 1 amide bonds. The Morgan fingerprint density at radius 3 is 3.14 bits per heavy atom. The minimum Gasteiger partial charge on any atom is -0.349 e. The van der Waals surface area contributed by atoms with Crippen molar-refractivity contribution in [3.63, 3.8) is 0 Å². The smallest absolute Gasteiger partial charge is 0.251 e. The van der Waals surface area contributed by atoms with Crippen LogP contribution in [0.4, 0.5) is 0 Å². The molecule has 3 aromatic rings. The first kappa shape index (κ1) is 12.5. The highest BCUT2D eigenvalue weighted by Gasteiger charge is 2.21. The maximum absolute atomic E-state index is 12.4. The third kappa shape index (κ3) is 2.29. The first-order valence-electron chi connectivity index (χ1n) is 6.83. The van der Waals surface area contributed by atoms with Gasteiger partial charge in [-0.05, 0) is 30.7 Å². The number of nitrogens with zero attached hydrogens (tertiary/aromatic N) is 4. The first-order chi connectivity index (χ1) is 10.3. The van der Waals surface area contributed by atoms with Crippen LogP contribution in [0.1, 0.15) is 22.5 Å². The Morgan fingerprint density at radius 1 is 1.29 bits per heavy atom. The Bertz CT molecular complexity index is 808. The van der Waals surface area contributed by atoms with Gasteiger partial charge >= 0.3 is 0 Å². The van der Waals surface area contributed by atoms with Gasteiger partial charge in [-0.15, -0.1) is 0 Å². The monoisotopic (exact) mass is 299 g/mol. The van der Waals surface area contributed by atoms with E-state index >= 15 is 0 Å². The van der Waals surface area contributed by atoms with Gasteiger partial charge in [-0.1, -0.05) is 0 Å². The van der Waals surface area contributed by atoms with Crippen LogP contribution < -0.4 is 5.32 Å². The fourth-order valence-electron chi connectivity index (χ4n) is 2.68. The second-order valence-corrected chi connectivity index (χ2v) is 5.71. The fourth-order valence-corrected chi connectivity index (χ4v) is 3.20. The molecule has 0 saturated heterocycles. The zero-order valence-electron chi connectivity index (χ0n) is 11.2. The van der Waals surface area contributed by atoms with Gasteiger partial charge in [-0.2, -0.15) is 13.8 Å². The van der Waals surface area contributed by atoms with Crippen LogP contribution >= 0.6 is 11.7 Å². The van der Waals surface area contributed by atoms with Gasteiger partial charge in [0.05, 0.1) is 11.7 Å². The van der Waals surface area contributed by atoms with Crippen molar-refractivity contribution in [3.05, 3.63) is 41.7 Å². The van der Waals surface area contributed by atoms with Gasteiger partial charge in [-0.25, -0.2) is 0 Å². The quantitative estimate of drug-likeness (QED) is 0.780. The number of aryl methyl sites for hydroxylation is 1. The van der Waals surface area contributed by atoms with Gasteiger partial charge in [-0.3, -0.25) is 9.48 Å². The van der Waals surface area contributed by atoms with E-state index in [-0.39, 0.29) is 11.9 Å². The second-order valence-electron chi connectivity index (χ2n) is 5.18. The molecular formula is C14H13N5OS. The molecule has 0 fully saturated rings. The van der Waals surface area contributed by atoms with Crippen LogP contribution in [0.15, 0.2) is 30.5 Å². The summed E-state index contributed by atoms with van der Waals surface area (Å²) in [6, 6.07) is 7.59.